The lowest BCUT2D eigenvalue weighted by Crippen LogP contribution is -2.18. The molecule has 1 aromatic rings. The van der Waals surface area contributed by atoms with E-state index in [0.29, 0.717) is 12.0 Å². The first-order valence-corrected chi connectivity index (χ1v) is 4.67. The van der Waals surface area contributed by atoms with Gasteiger partial charge in [0.2, 0.25) is 0 Å². The van der Waals surface area contributed by atoms with E-state index in [-0.39, 0.29) is 0 Å². The predicted molar refractivity (Wildman–Crippen MR) is 47.3 cm³/mol. The molecule has 1 heterocycles. The first kappa shape index (κ1) is 8.59. The highest BCUT2D eigenvalue weighted by molar-refractivity contribution is 6.07. The number of cyclic esters (lactones) is 2. The topological polar surface area (TPSA) is 43.4 Å². The van der Waals surface area contributed by atoms with Gasteiger partial charge in [0.25, 0.3) is 0 Å². The zero-order valence-electron chi connectivity index (χ0n) is 7.70. The Kier molecular flexibility index (Phi) is 1.40. The van der Waals surface area contributed by atoms with Crippen LogP contribution < -0.4 is 0 Å². The van der Waals surface area contributed by atoms with E-state index in [2.05, 4.69) is 4.74 Å². The Hall–Kier alpha value is -1.71. The zero-order chi connectivity index (χ0) is 10.6. The Morgan fingerprint density at radius 1 is 1.40 bits per heavy atom. The van der Waals surface area contributed by atoms with Crippen LogP contribution in [0.1, 0.15) is 12.0 Å². The number of hydrogen-bond acceptors (Lipinski definition) is 3. The van der Waals surface area contributed by atoms with Crippen molar-refractivity contribution < 1.29 is 18.7 Å². The Morgan fingerprint density at radius 2 is 2.20 bits per heavy atom. The lowest BCUT2D eigenvalue weighted by atomic mass is 9.95. The van der Waals surface area contributed by atoms with Crippen molar-refractivity contribution in [3.63, 3.8) is 0 Å². The molecule has 4 heteroatoms. The van der Waals surface area contributed by atoms with Crippen molar-refractivity contribution in [3.8, 4) is 0 Å². The molecule has 1 saturated carbocycles. The lowest BCUT2D eigenvalue weighted by Gasteiger charge is -2.07. The third-order valence-corrected chi connectivity index (χ3v) is 3.14. The van der Waals surface area contributed by atoms with Gasteiger partial charge in [-0.1, -0.05) is 12.1 Å². The van der Waals surface area contributed by atoms with Crippen LogP contribution in [0.2, 0.25) is 0 Å². The van der Waals surface area contributed by atoms with Gasteiger partial charge < -0.3 is 4.74 Å². The van der Waals surface area contributed by atoms with Crippen molar-refractivity contribution >= 4 is 11.9 Å². The molecule has 0 bridgehead atoms. The van der Waals surface area contributed by atoms with Crippen LogP contribution in [0.4, 0.5) is 4.39 Å². The maximum absolute atomic E-state index is 13.0. The number of benzene rings is 1. The fraction of sp³-hybridized carbons (Fsp3) is 0.273. The van der Waals surface area contributed by atoms with E-state index in [1.54, 1.807) is 6.07 Å². The number of halogens is 1. The molecule has 0 N–H and O–H groups in total. The van der Waals surface area contributed by atoms with Crippen molar-refractivity contribution in [2.24, 2.45) is 5.92 Å². The summed E-state index contributed by atoms with van der Waals surface area (Å²) in [5.41, 5.74) is -0.331. The van der Waals surface area contributed by atoms with Gasteiger partial charge in [0.15, 0.2) is 0 Å². The van der Waals surface area contributed by atoms with Gasteiger partial charge in [0.05, 0.1) is 5.92 Å². The quantitative estimate of drug-likeness (QED) is 0.511. The van der Waals surface area contributed by atoms with E-state index < -0.39 is 29.1 Å². The van der Waals surface area contributed by atoms with Crippen molar-refractivity contribution in [1.82, 2.24) is 0 Å². The molecular weight excluding hydrogens is 199 g/mol. The van der Waals surface area contributed by atoms with Gasteiger partial charge in [0, 0.05) is 0 Å². The highest BCUT2D eigenvalue weighted by Crippen LogP contribution is 2.59. The number of rotatable bonds is 1. The first-order chi connectivity index (χ1) is 7.14. The molecule has 3 rings (SSSR count). The molecule has 1 saturated heterocycles. The number of ether oxygens (including phenoxy) is 1. The largest absolute Gasteiger partial charge is 0.392 e. The standard InChI is InChI=1S/C11H7FO3/c12-7-3-1-2-6(4-7)11-5-8(11)9(13)15-10(11)14/h1-4,8H,5H2. The van der Waals surface area contributed by atoms with Crippen LogP contribution in [0.5, 0.6) is 0 Å². The van der Waals surface area contributed by atoms with E-state index in [9.17, 15) is 14.0 Å². The molecule has 0 radical (unpaired) electrons. The number of carbonyl (C=O) groups excluding carboxylic acids is 2. The molecule has 1 aliphatic carbocycles. The van der Waals surface area contributed by atoms with Crippen molar-refractivity contribution in [3.05, 3.63) is 35.6 Å². The van der Waals surface area contributed by atoms with Gasteiger partial charge in [0.1, 0.15) is 11.2 Å². The molecule has 76 valence electrons. The van der Waals surface area contributed by atoms with Gasteiger partial charge in [-0.2, -0.15) is 0 Å². The number of fused-ring (bicyclic) bond motifs is 1. The minimum absolute atomic E-state index is 0.396. The van der Waals surface area contributed by atoms with E-state index in [1.807, 2.05) is 0 Å². The molecule has 2 aliphatic rings. The van der Waals surface area contributed by atoms with E-state index in [4.69, 9.17) is 0 Å². The first-order valence-electron chi connectivity index (χ1n) is 4.67. The fourth-order valence-corrected chi connectivity index (χ4v) is 2.23. The van der Waals surface area contributed by atoms with Crippen LogP contribution in [0.25, 0.3) is 0 Å². The van der Waals surface area contributed by atoms with Crippen molar-refractivity contribution in [2.75, 3.05) is 0 Å². The summed E-state index contributed by atoms with van der Waals surface area (Å²) >= 11 is 0. The van der Waals surface area contributed by atoms with Gasteiger partial charge in [-0.3, -0.25) is 9.59 Å². The summed E-state index contributed by atoms with van der Waals surface area (Å²) in [5.74, 6) is -1.82. The second-order valence-corrected chi connectivity index (χ2v) is 3.95. The number of esters is 2. The summed E-state index contributed by atoms with van der Waals surface area (Å²) < 4.78 is 17.5. The van der Waals surface area contributed by atoms with Crippen molar-refractivity contribution in [1.29, 1.82) is 0 Å². The highest BCUT2D eigenvalue weighted by Gasteiger charge is 2.72. The van der Waals surface area contributed by atoms with E-state index in [1.165, 1.54) is 18.2 Å². The number of hydrogen-bond donors (Lipinski definition) is 0. The average molecular weight is 206 g/mol. The van der Waals surface area contributed by atoms with Crippen molar-refractivity contribution in [2.45, 2.75) is 11.8 Å². The summed E-state index contributed by atoms with van der Waals surface area (Å²) in [5, 5.41) is 0. The maximum Gasteiger partial charge on any atom is 0.325 e. The van der Waals surface area contributed by atoms with Crippen LogP contribution in [-0.2, 0) is 19.7 Å². The minimum atomic E-state index is -0.876. The molecule has 0 spiro atoms. The summed E-state index contributed by atoms with van der Waals surface area (Å²) in [6.45, 7) is 0. The summed E-state index contributed by atoms with van der Waals surface area (Å²) in [6.07, 6.45) is 0.453. The van der Waals surface area contributed by atoms with E-state index in [0.717, 1.165) is 0 Å². The van der Waals surface area contributed by atoms with Crippen LogP contribution in [0.3, 0.4) is 0 Å². The summed E-state index contributed by atoms with van der Waals surface area (Å²) in [7, 11) is 0. The molecule has 1 aromatic carbocycles. The molecule has 0 amide bonds. The maximum atomic E-state index is 13.0. The predicted octanol–water partition coefficient (Wildman–Crippen LogP) is 1.17. The van der Waals surface area contributed by atoms with Crippen LogP contribution in [-0.4, -0.2) is 11.9 Å². The normalized spacial score (nSPS) is 32.5. The summed E-state index contributed by atoms with van der Waals surface area (Å²) in [6, 6.07) is 5.79. The monoisotopic (exact) mass is 206 g/mol. The average Bonchev–Trinajstić information content (AvgIpc) is 2.88. The van der Waals surface area contributed by atoms with Gasteiger partial charge in [-0.25, -0.2) is 4.39 Å². The molecule has 2 fully saturated rings. The summed E-state index contributed by atoms with van der Waals surface area (Å²) in [4.78, 5) is 22.6. The van der Waals surface area contributed by atoms with Gasteiger partial charge in [-0.05, 0) is 24.1 Å². The molecule has 0 aromatic heterocycles. The van der Waals surface area contributed by atoms with Gasteiger partial charge >= 0.3 is 11.9 Å². The Balaban J connectivity index is 2.09. The number of carbonyl (C=O) groups is 2. The molecule has 3 nitrogen and oxygen atoms in total. The minimum Gasteiger partial charge on any atom is -0.392 e. The van der Waals surface area contributed by atoms with Crippen LogP contribution in [0, 0.1) is 11.7 Å². The highest BCUT2D eigenvalue weighted by atomic mass is 19.1. The smallest absolute Gasteiger partial charge is 0.325 e. The van der Waals surface area contributed by atoms with E-state index >= 15 is 0 Å². The van der Waals surface area contributed by atoms with Gasteiger partial charge in [-0.15, -0.1) is 0 Å². The third-order valence-electron chi connectivity index (χ3n) is 3.14. The van der Waals surface area contributed by atoms with Crippen LogP contribution >= 0.6 is 0 Å². The second-order valence-electron chi connectivity index (χ2n) is 3.95. The SMILES string of the molecule is O=C1OC(=O)C2(c3cccc(F)c3)CC12. The molecule has 15 heavy (non-hydrogen) atoms. The second kappa shape index (κ2) is 2.45. The fourth-order valence-electron chi connectivity index (χ4n) is 2.23. The lowest BCUT2D eigenvalue weighted by molar-refractivity contribution is -0.155. The molecular formula is C11H7FO3. The Bertz CT molecular complexity index is 482. The Labute approximate surface area is 84.8 Å². The molecule has 1 aliphatic heterocycles. The third kappa shape index (κ3) is 0.936. The molecule has 2 unspecified atom stereocenters. The zero-order valence-corrected chi connectivity index (χ0v) is 7.70. The molecule has 2 atom stereocenters. The Morgan fingerprint density at radius 3 is 2.73 bits per heavy atom. The van der Waals surface area contributed by atoms with Crippen LogP contribution in [0.15, 0.2) is 24.3 Å².